The van der Waals surface area contributed by atoms with E-state index in [1.165, 1.54) is 13.0 Å². The third kappa shape index (κ3) is 11.4. The van der Waals surface area contributed by atoms with Crippen LogP contribution in [0.25, 0.3) is 0 Å². The molecular formula is C30H50N4O10. The predicted octanol–water partition coefficient (Wildman–Crippen LogP) is 0.939. The van der Waals surface area contributed by atoms with E-state index in [2.05, 4.69) is 11.9 Å². The molecule has 250 valence electrons. The molecule has 0 aromatic carbocycles. The Morgan fingerprint density at radius 2 is 1.77 bits per heavy atom. The van der Waals surface area contributed by atoms with Crippen molar-refractivity contribution in [3.8, 4) is 0 Å². The number of aliphatic hydroxyl groups excluding tert-OH is 2. The number of aliphatic hydroxyl groups is 2. The molecule has 1 saturated carbocycles. The maximum Gasteiger partial charge on any atom is 0.376 e. The van der Waals surface area contributed by atoms with E-state index in [0.29, 0.717) is 6.42 Å². The summed E-state index contributed by atoms with van der Waals surface area (Å²) >= 11 is 0. The number of Topliss-reactive ketones (excluding diaryl/α,β-unsaturated/α-hetero) is 1. The van der Waals surface area contributed by atoms with Crippen molar-refractivity contribution in [2.24, 2.45) is 39.9 Å². The lowest BCUT2D eigenvalue weighted by atomic mass is 9.79. The second-order valence-corrected chi connectivity index (χ2v) is 12.0. The Bertz CT molecular complexity index is 1050. The number of carbonyl (C=O) groups excluding carboxylic acids is 4. The topological polar surface area (TPSA) is 236 Å². The molecule has 1 fully saturated rings. The average Bonchev–Trinajstić information content (AvgIpc) is 3.70. The molecule has 0 radical (unpaired) electrons. The summed E-state index contributed by atoms with van der Waals surface area (Å²) in [6.45, 7) is 5.84. The van der Waals surface area contributed by atoms with Crippen LogP contribution in [-0.2, 0) is 38.1 Å². The number of ether oxygens (including phenoxy) is 4. The van der Waals surface area contributed by atoms with E-state index in [0.717, 1.165) is 25.7 Å². The number of carbonyl (C=O) groups is 4. The van der Waals surface area contributed by atoms with Gasteiger partial charge in [-0.1, -0.05) is 46.5 Å². The van der Waals surface area contributed by atoms with Gasteiger partial charge in [0, 0.05) is 37.5 Å². The van der Waals surface area contributed by atoms with Gasteiger partial charge >= 0.3 is 17.9 Å². The van der Waals surface area contributed by atoms with Gasteiger partial charge in [0.1, 0.15) is 24.5 Å². The van der Waals surface area contributed by atoms with Crippen molar-refractivity contribution >= 4 is 29.7 Å². The molecule has 1 heterocycles. The van der Waals surface area contributed by atoms with Gasteiger partial charge in [-0.3, -0.25) is 9.59 Å². The molecule has 2 rings (SSSR count). The normalized spacial score (nSPS) is 22.5. The third-order valence-corrected chi connectivity index (χ3v) is 7.71. The van der Waals surface area contributed by atoms with Gasteiger partial charge in [-0.05, 0) is 25.3 Å². The molecule has 0 saturated heterocycles. The van der Waals surface area contributed by atoms with Crippen LogP contribution < -0.4 is 17.2 Å². The van der Waals surface area contributed by atoms with E-state index in [-0.39, 0.29) is 49.1 Å². The quantitative estimate of drug-likeness (QED) is 0.0442. The van der Waals surface area contributed by atoms with E-state index in [1.54, 1.807) is 13.8 Å². The standard InChI is InChI=1S/C30H50N4O10/c1-5-6-7-8-9-10-24(38)41-16-22(37)20(15-35)26-19(13-18(4)36)21(34-29(32)33)14-23(42-26)27(39)43-30(11-12-30)44-28(40)25(31)17(2)3/h14,17,19-22,25-26,35,37H,5-13,15-16,31H2,1-4H3,(H4,32,33,34)/t19-,20+,21+,22+,25+,26-/m1/s1. The number of hydrogen-bond donors (Lipinski definition) is 5. The van der Waals surface area contributed by atoms with Gasteiger partial charge < -0.3 is 51.2 Å². The van der Waals surface area contributed by atoms with Crippen LogP contribution in [0.3, 0.4) is 0 Å². The summed E-state index contributed by atoms with van der Waals surface area (Å²) in [5, 5.41) is 21.3. The second kappa shape index (κ2) is 17.3. The Hall–Kier alpha value is -3.23. The first-order valence-electron chi connectivity index (χ1n) is 15.4. The second-order valence-electron chi connectivity index (χ2n) is 12.0. The lowest BCUT2D eigenvalue weighted by Gasteiger charge is -2.40. The van der Waals surface area contributed by atoms with Gasteiger partial charge in [0.15, 0.2) is 5.96 Å². The number of ketones is 1. The summed E-state index contributed by atoms with van der Waals surface area (Å²) < 4.78 is 22.2. The number of guanidine groups is 1. The first-order chi connectivity index (χ1) is 20.7. The van der Waals surface area contributed by atoms with Crippen LogP contribution in [0.5, 0.6) is 0 Å². The van der Waals surface area contributed by atoms with E-state index >= 15 is 0 Å². The van der Waals surface area contributed by atoms with Gasteiger partial charge in [-0.15, -0.1) is 0 Å². The summed E-state index contributed by atoms with van der Waals surface area (Å²) in [5.41, 5.74) is 17.2. The molecule has 44 heavy (non-hydrogen) atoms. The highest BCUT2D eigenvalue weighted by Gasteiger charge is 2.54. The number of hydrogen-bond acceptors (Lipinski definition) is 12. The largest absolute Gasteiger partial charge is 0.482 e. The van der Waals surface area contributed by atoms with E-state index in [1.807, 2.05) is 0 Å². The molecule has 0 amide bonds. The van der Waals surface area contributed by atoms with E-state index < -0.39 is 73.0 Å². The molecule has 1 aliphatic carbocycles. The maximum atomic E-state index is 13.3. The first-order valence-corrected chi connectivity index (χ1v) is 15.4. The molecule has 0 spiro atoms. The van der Waals surface area contributed by atoms with Crippen molar-refractivity contribution in [3.05, 3.63) is 11.8 Å². The van der Waals surface area contributed by atoms with Crippen LogP contribution in [-0.4, -0.2) is 83.2 Å². The summed E-state index contributed by atoms with van der Waals surface area (Å²) in [6, 6.07) is -1.90. The highest BCUT2D eigenvalue weighted by molar-refractivity contribution is 5.88. The molecular weight excluding hydrogens is 576 g/mol. The van der Waals surface area contributed by atoms with Crippen molar-refractivity contribution in [2.75, 3.05) is 13.2 Å². The molecule has 0 bridgehead atoms. The van der Waals surface area contributed by atoms with E-state index in [4.69, 9.17) is 36.1 Å². The molecule has 0 aromatic heterocycles. The Labute approximate surface area is 258 Å². The van der Waals surface area contributed by atoms with Crippen LogP contribution in [0.4, 0.5) is 0 Å². The van der Waals surface area contributed by atoms with E-state index in [9.17, 15) is 29.4 Å². The molecule has 0 unspecified atom stereocenters. The lowest BCUT2D eigenvalue weighted by Crippen LogP contribution is -2.49. The van der Waals surface area contributed by atoms with Crippen LogP contribution in [0.2, 0.25) is 0 Å². The van der Waals surface area contributed by atoms with Gasteiger partial charge in [-0.2, -0.15) is 0 Å². The van der Waals surface area contributed by atoms with Gasteiger partial charge in [0.2, 0.25) is 5.76 Å². The fourth-order valence-electron chi connectivity index (χ4n) is 4.90. The van der Waals surface area contributed by atoms with Gasteiger partial charge in [-0.25, -0.2) is 9.79 Å². The van der Waals surface area contributed by atoms with Crippen LogP contribution in [0.1, 0.15) is 85.5 Å². The lowest BCUT2D eigenvalue weighted by molar-refractivity contribution is -0.199. The monoisotopic (exact) mass is 626 g/mol. The van der Waals surface area contributed by atoms with Gasteiger partial charge in [0.05, 0.1) is 18.8 Å². The van der Waals surface area contributed by atoms with Crippen molar-refractivity contribution in [1.29, 1.82) is 0 Å². The minimum Gasteiger partial charge on any atom is -0.482 e. The molecule has 2 aliphatic rings. The molecule has 0 aromatic rings. The fraction of sp³-hybridized carbons (Fsp3) is 0.767. The average molecular weight is 627 g/mol. The smallest absolute Gasteiger partial charge is 0.376 e. The Morgan fingerprint density at radius 3 is 2.32 bits per heavy atom. The Balaban J connectivity index is 2.24. The number of rotatable bonds is 19. The SMILES string of the molecule is CCCCCCCC(=O)OC[C@H](O)[C@H](CO)[C@@H]1OC(C(=O)OC2(OC(=O)[C@@H](N)C(C)C)CC2)=C[C@H](N=C(N)N)[C@H]1CC(C)=O. The number of esters is 3. The maximum absolute atomic E-state index is 13.3. The highest BCUT2D eigenvalue weighted by Crippen LogP contribution is 2.43. The minimum absolute atomic E-state index is 0.125. The molecule has 1 aliphatic heterocycles. The highest BCUT2D eigenvalue weighted by atomic mass is 16.7. The Morgan fingerprint density at radius 1 is 1.11 bits per heavy atom. The van der Waals surface area contributed by atoms with Crippen LogP contribution in [0.15, 0.2) is 16.8 Å². The molecule has 6 atom stereocenters. The third-order valence-electron chi connectivity index (χ3n) is 7.71. The number of aliphatic imine (C=N–C) groups is 1. The zero-order valence-corrected chi connectivity index (χ0v) is 26.2. The van der Waals surface area contributed by atoms with Crippen molar-refractivity contribution in [1.82, 2.24) is 0 Å². The van der Waals surface area contributed by atoms with Crippen molar-refractivity contribution in [2.45, 2.75) is 116 Å². The fourth-order valence-corrected chi connectivity index (χ4v) is 4.90. The molecule has 14 heteroatoms. The number of nitrogens with zero attached hydrogens (tertiary/aromatic N) is 1. The summed E-state index contributed by atoms with van der Waals surface area (Å²) in [7, 11) is 0. The number of nitrogens with two attached hydrogens (primary N) is 3. The minimum atomic E-state index is -1.51. The molecule has 8 N–H and O–H groups in total. The Kier molecular flexibility index (Phi) is 14.5. The predicted molar refractivity (Wildman–Crippen MR) is 159 cm³/mol. The summed E-state index contributed by atoms with van der Waals surface area (Å²) in [4.78, 5) is 54.4. The summed E-state index contributed by atoms with van der Waals surface area (Å²) in [5.74, 6) is -6.83. The van der Waals surface area contributed by atoms with Crippen LogP contribution in [0, 0.1) is 17.8 Å². The number of unbranched alkanes of at least 4 members (excludes halogenated alkanes) is 4. The van der Waals surface area contributed by atoms with Crippen molar-refractivity contribution < 1.29 is 48.3 Å². The van der Waals surface area contributed by atoms with Crippen LogP contribution >= 0.6 is 0 Å². The molecule has 14 nitrogen and oxygen atoms in total. The van der Waals surface area contributed by atoms with Gasteiger partial charge in [0.25, 0.3) is 5.79 Å². The zero-order chi connectivity index (χ0) is 33.0. The summed E-state index contributed by atoms with van der Waals surface area (Å²) in [6.07, 6.45) is 3.95. The first kappa shape index (κ1) is 37.0. The van der Waals surface area contributed by atoms with Crippen molar-refractivity contribution in [3.63, 3.8) is 0 Å². The zero-order valence-electron chi connectivity index (χ0n) is 26.2.